The van der Waals surface area contributed by atoms with Crippen LogP contribution in [0.5, 0.6) is 11.5 Å². The Morgan fingerprint density at radius 2 is 1.85 bits per heavy atom. The summed E-state index contributed by atoms with van der Waals surface area (Å²) in [7, 11) is 3.11. The Kier molecular flexibility index (Phi) is 5.78. The number of fused-ring (bicyclic) bond motifs is 1. The van der Waals surface area contributed by atoms with Crippen molar-refractivity contribution in [1.82, 2.24) is 4.57 Å². The summed E-state index contributed by atoms with van der Waals surface area (Å²) < 4.78 is 14.7. The maximum absolute atomic E-state index is 12.8. The Balaban J connectivity index is 2.12. The normalized spacial score (nSPS) is 11.8. The summed E-state index contributed by atoms with van der Waals surface area (Å²) in [4.78, 5) is 17.8. The Morgan fingerprint density at radius 1 is 1.15 bits per heavy atom. The van der Waals surface area contributed by atoms with Crippen LogP contribution in [0.2, 0.25) is 0 Å². The second-order valence-electron chi connectivity index (χ2n) is 5.67. The lowest BCUT2D eigenvalue weighted by atomic mass is 10.2. The summed E-state index contributed by atoms with van der Waals surface area (Å²) >= 11 is 5.00. The molecule has 5 nitrogen and oxygen atoms in total. The van der Waals surface area contributed by atoms with Crippen molar-refractivity contribution in [2.24, 2.45) is 4.99 Å². The van der Waals surface area contributed by atoms with Gasteiger partial charge in [-0.2, -0.15) is 4.99 Å². The number of carbonyl (C=O) groups is 1. The van der Waals surface area contributed by atoms with Gasteiger partial charge in [0.15, 0.2) is 4.80 Å². The van der Waals surface area contributed by atoms with Crippen molar-refractivity contribution >= 4 is 43.4 Å². The molecular weight excluding hydrogens is 416 g/mol. The smallest absolute Gasteiger partial charge is 0.279 e. The van der Waals surface area contributed by atoms with Crippen LogP contribution in [0.1, 0.15) is 23.7 Å². The molecule has 0 aliphatic heterocycles. The fourth-order valence-corrected chi connectivity index (χ4v) is 4.26. The molecule has 0 aliphatic rings. The number of ether oxygens (including phenoxy) is 2. The van der Waals surface area contributed by atoms with Crippen LogP contribution in [-0.4, -0.2) is 24.7 Å². The van der Waals surface area contributed by atoms with Gasteiger partial charge in [0.25, 0.3) is 5.91 Å². The molecule has 0 saturated carbocycles. The van der Waals surface area contributed by atoms with Crippen LogP contribution in [0.25, 0.3) is 10.2 Å². The largest absolute Gasteiger partial charge is 0.497 e. The summed E-state index contributed by atoms with van der Waals surface area (Å²) in [5, 5.41) is 0. The highest BCUT2D eigenvalue weighted by Gasteiger charge is 2.12. The first kappa shape index (κ1) is 18.7. The lowest BCUT2D eigenvalue weighted by molar-refractivity contribution is 0.0997. The van der Waals surface area contributed by atoms with E-state index >= 15 is 0 Å². The average Bonchev–Trinajstić information content (AvgIpc) is 2.97. The van der Waals surface area contributed by atoms with Crippen molar-refractivity contribution in [3.05, 3.63) is 51.2 Å². The van der Waals surface area contributed by atoms with Gasteiger partial charge in [-0.1, -0.05) is 34.2 Å². The minimum atomic E-state index is -0.322. The number of nitrogens with zero attached hydrogens (tertiary/aromatic N) is 2. The molecule has 0 unspecified atom stereocenters. The van der Waals surface area contributed by atoms with E-state index in [0.717, 1.165) is 27.7 Å². The monoisotopic (exact) mass is 434 g/mol. The van der Waals surface area contributed by atoms with Crippen LogP contribution in [0, 0.1) is 0 Å². The molecule has 2 aromatic carbocycles. The Hall–Kier alpha value is -2.12. The molecule has 1 heterocycles. The molecule has 1 aromatic heterocycles. The lowest BCUT2D eigenvalue weighted by Crippen LogP contribution is -2.16. The van der Waals surface area contributed by atoms with E-state index in [-0.39, 0.29) is 5.91 Å². The zero-order chi connectivity index (χ0) is 18.7. The minimum absolute atomic E-state index is 0.322. The molecule has 3 rings (SSSR count). The second-order valence-corrected chi connectivity index (χ2v) is 7.59. The van der Waals surface area contributed by atoms with Gasteiger partial charge >= 0.3 is 0 Å². The number of hydrogen-bond donors (Lipinski definition) is 0. The van der Waals surface area contributed by atoms with E-state index in [1.807, 2.05) is 18.2 Å². The summed E-state index contributed by atoms with van der Waals surface area (Å²) in [5.41, 5.74) is 1.51. The average molecular weight is 435 g/mol. The van der Waals surface area contributed by atoms with E-state index in [1.54, 1.807) is 32.4 Å². The summed E-state index contributed by atoms with van der Waals surface area (Å²) in [6.07, 6.45) is 0.955. The first-order valence-corrected chi connectivity index (χ1v) is 9.77. The SMILES string of the molecule is CCCn1c(=NC(=O)c2cc(OC)cc(OC)c2)sc2cc(Br)ccc21. The highest BCUT2D eigenvalue weighted by Crippen LogP contribution is 2.24. The molecule has 0 N–H and O–H groups in total. The number of methoxy groups -OCH3 is 2. The quantitative estimate of drug-likeness (QED) is 0.587. The molecule has 0 bridgehead atoms. The second kappa shape index (κ2) is 8.05. The third kappa shape index (κ3) is 3.83. The third-order valence-corrected chi connectivity index (χ3v) is 5.42. The molecule has 0 spiro atoms. The van der Waals surface area contributed by atoms with Crippen LogP contribution < -0.4 is 14.3 Å². The van der Waals surface area contributed by atoms with Crippen molar-refractivity contribution in [2.75, 3.05) is 14.2 Å². The van der Waals surface area contributed by atoms with Crippen LogP contribution >= 0.6 is 27.3 Å². The molecule has 0 atom stereocenters. The van der Waals surface area contributed by atoms with Gasteiger partial charge in [0, 0.05) is 22.6 Å². The number of aromatic nitrogens is 1. The zero-order valence-corrected chi connectivity index (χ0v) is 17.2. The van der Waals surface area contributed by atoms with Crippen molar-refractivity contribution in [3.8, 4) is 11.5 Å². The Morgan fingerprint density at radius 3 is 2.46 bits per heavy atom. The van der Waals surface area contributed by atoms with Gasteiger partial charge in [-0.25, -0.2) is 0 Å². The van der Waals surface area contributed by atoms with Crippen LogP contribution in [0.3, 0.4) is 0 Å². The van der Waals surface area contributed by atoms with E-state index in [4.69, 9.17) is 9.47 Å². The standard InChI is InChI=1S/C19H19BrN2O3S/c1-4-7-22-16-6-5-13(20)10-17(16)26-19(22)21-18(23)12-8-14(24-2)11-15(9-12)25-3/h5-6,8-11H,4,7H2,1-3H3. The predicted molar refractivity (Wildman–Crippen MR) is 107 cm³/mol. The number of aryl methyl sites for hydroxylation is 1. The highest BCUT2D eigenvalue weighted by molar-refractivity contribution is 9.10. The summed E-state index contributed by atoms with van der Waals surface area (Å²) in [6.45, 7) is 2.91. The zero-order valence-electron chi connectivity index (χ0n) is 14.8. The van der Waals surface area contributed by atoms with E-state index in [2.05, 4.69) is 32.4 Å². The number of amides is 1. The number of carbonyl (C=O) groups excluding carboxylic acids is 1. The molecule has 0 saturated heterocycles. The van der Waals surface area contributed by atoms with Gasteiger partial charge < -0.3 is 14.0 Å². The number of rotatable bonds is 5. The molecule has 7 heteroatoms. The highest BCUT2D eigenvalue weighted by atomic mass is 79.9. The maximum Gasteiger partial charge on any atom is 0.279 e. The molecule has 3 aromatic rings. The first-order valence-electron chi connectivity index (χ1n) is 8.16. The molecule has 0 aliphatic carbocycles. The first-order chi connectivity index (χ1) is 12.5. The molecule has 0 radical (unpaired) electrons. The van der Waals surface area contributed by atoms with E-state index in [0.29, 0.717) is 21.9 Å². The van der Waals surface area contributed by atoms with Gasteiger partial charge in [-0.15, -0.1) is 0 Å². The van der Waals surface area contributed by atoms with Crippen LogP contribution in [0.15, 0.2) is 45.9 Å². The van der Waals surface area contributed by atoms with Gasteiger partial charge in [-0.05, 0) is 36.8 Å². The molecule has 0 fully saturated rings. The van der Waals surface area contributed by atoms with Gasteiger partial charge in [0.1, 0.15) is 11.5 Å². The Bertz CT molecular complexity index is 1000. The van der Waals surface area contributed by atoms with Crippen molar-refractivity contribution in [3.63, 3.8) is 0 Å². The lowest BCUT2D eigenvalue weighted by Gasteiger charge is -2.06. The number of benzene rings is 2. The molecule has 136 valence electrons. The number of hydrogen-bond acceptors (Lipinski definition) is 4. The third-order valence-electron chi connectivity index (χ3n) is 3.89. The minimum Gasteiger partial charge on any atom is -0.497 e. The van der Waals surface area contributed by atoms with Crippen molar-refractivity contribution in [2.45, 2.75) is 19.9 Å². The van der Waals surface area contributed by atoms with Crippen LogP contribution in [0.4, 0.5) is 0 Å². The Labute approximate surface area is 164 Å². The topological polar surface area (TPSA) is 52.8 Å². The molecule has 26 heavy (non-hydrogen) atoms. The van der Waals surface area contributed by atoms with E-state index in [9.17, 15) is 4.79 Å². The molecule has 1 amide bonds. The van der Waals surface area contributed by atoms with Crippen LogP contribution in [-0.2, 0) is 6.54 Å². The number of halogens is 1. The summed E-state index contributed by atoms with van der Waals surface area (Å²) in [5.74, 6) is 0.798. The number of thiazole rings is 1. The fraction of sp³-hybridized carbons (Fsp3) is 0.263. The van der Waals surface area contributed by atoms with Crippen molar-refractivity contribution < 1.29 is 14.3 Å². The van der Waals surface area contributed by atoms with Gasteiger partial charge in [0.2, 0.25) is 0 Å². The fourth-order valence-electron chi connectivity index (χ4n) is 2.65. The van der Waals surface area contributed by atoms with E-state index in [1.165, 1.54) is 11.3 Å². The van der Waals surface area contributed by atoms with E-state index < -0.39 is 0 Å². The summed E-state index contributed by atoms with van der Waals surface area (Å²) in [6, 6.07) is 11.2. The van der Waals surface area contributed by atoms with Gasteiger partial charge in [-0.3, -0.25) is 4.79 Å². The van der Waals surface area contributed by atoms with Crippen molar-refractivity contribution in [1.29, 1.82) is 0 Å². The predicted octanol–water partition coefficient (Wildman–Crippen LogP) is 4.63. The van der Waals surface area contributed by atoms with Gasteiger partial charge in [0.05, 0.1) is 24.4 Å². The maximum atomic E-state index is 12.8. The molecular formula is C19H19BrN2O3S.